The van der Waals surface area contributed by atoms with Gasteiger partial charge in [0.25, 0.3) is 5.56 Å². The maximum Gasteiger partial charge on any atom is 0.251 e. The first-order chi connectivity index (χ1) is 11.4. The van der Waals surface area contributed by atoms with Gasteiger partial charge in [0.1, 0.15) is 17.1 Å². The van der Waals surface area contributed by atoms with E-state index in [1.165, 1.54) is 10.6 Å². The van der Waals surface area contributed by atoms with E-state index in [9.17, 15) is 14.7 Å². The fourth-order valence-electron chi connectivity index (χ4n) is 3.19. The third-order valence-electron chi connectivity index (χ3n) is 4.22. The molecule has 0 atom stereocenters. The molecular weight excluding hydrogens is 308 g/mol. The molecule has 0 saturated carbocycles. The van der Waals surface area contributed by atoms with Crippen molar-refractivity contribution in [3.63, 3.8) is 0 Å². The SMILES string of the molecule is C=c1cc(C)c2c(n1)C(=O)c1c(c(C)cc(=O)n1CCCO)C=2O. The molecule has 1 aliphatic carbocycles. The van der Waals surface area contributed by atoms with E-state index in [0.717, 1.165) is 0 Å². The quantitative estimate of drug-likeness (QED) is 0.822. The summed E-state index contributed by atoms with van der Waals surface area (Å²) in [6.45, 7) is 7.31. The van der Waals surface area contributed by atoms with Crippen molar-refractivity contribution in [3.05, 3.63) is 61.1 Å². The van der Waals surface area contributed by atoms with Crippen LogP contribution in [0.1, 0.15) is 39.3 Å². The standard InChI is InChI=1S/C18H18N2O4/c1-9-7-11(3)19-15-13(9)17(23)14-10(2)8-12(22)20(5-4-6-21)16(14)18(15)24/h7-8,21,23H,3-6H2,1-2H3. The number of carbonyl (C=O) groups excluding carboxylic acids is 1. The Morgan fingerprint density at radius 3 is 2.58 bits per heavy atom. The molecule has 2 N–H and O–H groups in total. The molecule has 2 aromatic heterocycles. The molecule has 0 saturated heterocycles. The lowest BCUT2D eigenvalue weighted by atomic mass is 9.91. The average Bonchev–Trinajstić information content (AvgIpc) is 2.50. The van der Waals surface area contributed by atoms with E-state index < -0.39 is 5.78 Å². The second kappa shape index (κ2) is 5.72. The topological polar surface area (TPSA) is 92.4 Å². The molecule has 0 bridgehead atoms. The van der Waals surface area contributed by atoms with Crippen molar-refractivity contribution in [2.45, 2.75) is 26.8 Å². The Morgan fingerprint density at radius 2 is 1.92 bits per heavy atom. The van der Waals surface area contributed by atoms with Crippen LogP contribution in [0.3, 0.4) is 0 Å². The van der Waals surface area contributed by atoms with Crippen LogP contribution in [0.25, 0.3) is 12.3 Å². The van der Waals surface area contributed by atoms with Crippen LogP contribution in [0, 0.1) is 13.8 Å². The first kappa shape index (κ1) is 16.1. The van der Waals surface area contributed by atoms with Crippen LogP contribution in [-0.2, 0) is 6.54 Å². The molecule has 6 heteroatoms. The Bertz CT molecular complexity index is 1030. The summed E-state index contributed by atoms with van der Waals surface area (Å²) >= 11 is 0. The molecule has 3 rings (SSSR count). The Morgan fingerprint density at radius 1 is 1.21 bits per heavy atom. The zero-order chi connectivity index (χ0) is 17.6. The van der Waals surface area contributed by atoms with Crippen molar-refractivity contribution in [1.82, 2.24) is 9.55 Å². The van der Waals surface area contributed by atoms with Crippen molar-refractivity contribution in [2.75, 3.05) is 6.61 Å². The number of carbonyl (C=O) groups is 1. The highest BCUT2D eigenvalue weighted by atomic mass is 16.3. The maximum absolute atomic E-state index is 13.0. The van der Waals surface area contributed by atoms with Gasteiger partial charge in [-0.1, -0.05) is 6.58 Å². The molecule has 6 nitrogen and oxygen atoms in total. The predicted octanol–water partition coefficient (Wildman–Crippen LogP) is -0.0883. The lowest BCUT2D eigenvalue weighted by Gasteiger charge is -2.22. The highest BCUT2D eigenvalue weighted by molar-refractivity contribution is 6.12. The van der Waals surface area contributed by atoms with Gasteiger partial charge >= 0.3 is 0 Å². The minimum absolute atomic E-state index is 0.0557. The van der Waals surface area contributed by atoms with Crippen LogP contribution in [-0.4, -0.2) is 32.2 Å². The number of aromatic nitrogens is 2. The highest BCUT2D eigenvalue weighted by Gasteiger charge is 2.31. The Labute approximate surface area is 138 Å². The summed E-state index contributed by atoms with van der Waals surface area (Å²) in [4.78, 5) is 29.5. The van der Waals surface area contributed by atoms with Crippen molar-refractivity contribution < 1.29 is 15.0 Å². The molecule has 0 fully saturated rings. The van der Waals surface area contributed by atoms with Crippen molar-refractivity contribution in [2.24, 2.45) is 0 Å². The van der Waals surface area contributed by atoms with Crippen LogP contribution in [0.15, 0.2) is 16.9 Å². The van der Waals surface area contributed by atoms with Crippen LogP contribution >= 0.6 is 0 Å². The zero-order valence-electron chi connectivity index (χ0n) is 13.6. The number of hydrogen-bond acceptors (Lipinski definition) is 5. The second-order valence-corrected chi connectivity index (χ2v) is 5.95. The summed E-state index contributed by atoms with van der Waals surface area (Å²) in [5.74, 6) is -0.468. The average molecular weight is 326 g/mol. The zero-order valence-corrected chi connectivity index (χ0v) is 13.6. The van der Waals surface area contributed by atoms with Crippen LogP contribution in [0.5, 0.6) is 0 Å². The van der Waals surface area contributed by atoms with E-state index in [1.807, 2.05) is 0 Å². The van der Waals surface area contributed by atoms with Gasteiger partial charge in [-0.2, -0.15) is 0 Å². The van der Waals surface area contributed by atoms with Gasteiger partial charge in [-0.25, -0.2) is 4.98 Å². The van der Waals surface area contributed by atoms with Crippen molar-refractivity contribution >= 4 is 18.1 Å². The molecule has 24 heavy (non-hydrogen) atoms. The number of fused-ring (bicyclic) bond motifs is 2. The second-order valence-electron chi connectivity index (χ2n) is 5.95. The maximum atomic E-state index is 13.0. The van der Waals surface area contributed by atoms with Crippen molar-refractivity contribution in [3.8, 4) is 0 Å². The molecular formula is C18H18N2O4. The van der Waals surface area contributed by atoms with Gasteiger partial charge < -0.3 is 14.8 Å². The Kier molecular flexibility index (Phi) is 3.85. The summed E-state index contributed by atoms with van der Waals surface area (Å²) < 4.78 is 1.30. The monoisotopic (exact) mass is 326 g/mol. The van der Waals surface area contributed by atoms with Crippen LogP contribution in [0.2, 0.25) is 0 Å². The minimum atomic E-state index is -0.412. The fraction of sp³-hybridized carbons (Fsp3) is 0.278. The van der Waals surface area contributed by atoms with Gasteiger partial charge in [0.15, 0.2) is 0 Å². The smallest absolute Gasteiger partial charge is 0.251 e. The van der Waals surface area contributed by atoms with Crippen molar-refractivity contribution in [1.29, 1.82) is 0 Å². The highest BCUT2D eigenvalue weighted by Crippen LogP contribution is 2.24. The predicted molar refractivity (Wildman–Crippen MR) is 89.5 cm³/mol. The summed E-state index contributed by atoms with van der Waals surface area (Å²) in [5, 5.41) is 20.6. The summed E-state index contributed by atoms with van der Waals surface area (Å²) in [6, 6.07) is 3.09. The molecule has 0 spiro atoms. The van der Waals surface area contributed by atoms with Gasteiger partial charge in [-0.05, 0) is 37.5 Å². The number of aliphatic hydroxyl groups is 2. The number of aryl methyl sites for hydroxylation is 2. The molecule has 2 aromatic rings. The molecule has 1 aliphatic rings. The summed E-state index contributed by atoms with van der Waals surface area (Å²) in [6.07, 6.45) is 0.331. The molecule has 0 unspecified atom stereocenters. The lowest BCUT2D eigenvalue weighted by molar-refractivity contribution is 0.101. The normalized spacial score (nSPS) is 13.0. The summed E-state index contributed by atoms with van der Waals surface area (Å²) in [7, 11) is 0. The first-order valence-corrected chi connectivity index (χ1v) is 7.67. The van der Waals surface area contributed by atoms with E-state index in [4.69, 9.17) is 5.11 Å². The molecule has 0 aliphatic heterocycles. The van der Waals surface area contributed by atoms with Gasteiger partial charge in [0, 0.05) is 30.0 Å². The van der Waals surface area contributed by atoms with E-state index >= 15 is 0 Å². The summed E-state index contributed by atoms with van der Waals surface area (Å²) in [5.41, 5.74) is 1.47. The van der Waals surface area contributed by atoms with E-state index in [1.54, 1.807) is 19.9 Å². The lowest BCUT2D eigenvalue weighted by Crippen LogP contribution is -2.38. The minimum Gasteiger partial charge on any atom is -0.507 e. The first-order valence-electron chi connectivity index (χ1n) is 7.67. The number of nitrogens with zero attached hydrogens (tertiary/aromatic N) is 2. The fourth-order valence-corrected chi connectivity index (χ4v) is 3.19. The third kappa shape index (κ3) is 2.27. The number of ketones is 1. The van der Waals surface area contributed by atoms with Gasteiger partial charge in [-0.3, -0.25) is 9.59 Å². The molecule has 2 heterocycles. The largest absolute Gasteiger partial charge is 0.507 e. The molecule has 0 aromatic carbocycles. The van der Waals surface area contributed by atoms with Crippen LogP contribution < -0.4 is 16.1 Å². The third-order valence-corrected chi connectivity index (χ3v) is 4.22. The van der Waals surface area contributed by atoms with E-state index in [2.05, 4.69) is 11.6 Å². The molecule has 0 radical (unpaired) electrons. The van der Waals surface area contributed by atoms with Gasteiger partial charge in [0.05, 0.1) is 5.35 Å². The number of rotatable bonds is 3. The van der Waals surface area contributed by atoms with E-state index in [0.29, 0.717) is 33.7 Å². The number of aliphatic hydroxyl groups excluding tert-OH is 2. The molecule has 0 amide bonds. The Balaban J connectivity index is 2.48. The van der Waals surface area contributed by atoms with E-state index in [-0.39, 0.29) is 35.9 Å². The van der Waals surface area contributed by atoms with Crippen LogP contribution in [0.4, 0.5) is 0 Å². The van der Waals surface area contributed by atoms with Gasteiger partial charge in [-0.15, -0.1) is 0 Å². The van der Waals surface area contributed by atoms with Gasteiger partial charge in [0.2, 0.25) is 5.78 Å². The molecule has 124 valence electrons. The number of hydrogen-bond donors (Lipinski definition) is 2. The number of pyridine rings is 2. The Hall–Kier alpha value is -2.73.